The van der Waals surface area contributed by atoms with E-state index in [4.69, 9.17) is 0 Å². The lowest BCUT2D eigenvalue weighted by atomic mass is 10.1. The molecule has 2 rings (SSSR count). The Morgan fingerprint density at radius 2 is 1.81 bits per heavy atom. The lowest BCUT2D eigenvalue weighted by molar-refractivity contribution is 0.0963. The molecule has 21 heavy (non-hydrogen) atoms. The summed E-state index contributed by atoms with van der Waals surface area (Å²) in [6, 6.07) is 4.77. The lowest BCUT2D eigenvalue weighted by Crippen LogP contribution is -2.47. The molecule has 1 amide bonds. The normalized spacial score (nSPS) is 17.7. The van der Waals surface area contributed by atoms with Crippen LogP contribution in [0.3, 0.4) is 0 Å². The van der Waals surface area contributed by atoms with Crippen LogP contribution in [0.1, 0.15) is 15.9 Å². The summed E-state index contributed by atoms with van der Waals surface area (Å²) >= 11 is 0. The summed E-state index contributed by atoms with van der Waals surface area (Å²) < 4.78 is 27.0. The summed E-state index contributed by atoms with van der Waals surface area (Å²) in [5.41, 5.74) is 1.01. The first-order valence-corrected chi connectivity index (χ1v) is 8.31. The maximum atomic E-state index is 12.8. The fraction of sp³-hybridized carbons (Fsp3) is 0.500. The third kappa shape index (κ3) is 3.25. The highest BCUT2D eigenvalue weighted by molar-refractivity contribution is 7.89. The number of sulfonamides is 1. The molecule has 0 radical (unpaired) electrons. The van der Waals surface area contributed by atoms with E-state index in [9.17, 15) is 13.2 Å². The number of hydrogen-bond acceptors (Lipinski definition) is 4. The summed E-state index contributed by atoms with van der Waals surface area (Å²) in [4.78, 5) is 14.0. The molecule has 1 N–H and O–H groups in total. The highest BCUT2D eigenvalue weighted by Gasteiger charge is 2.29. The van der Waals surface area contributed by atoms with Crippen molar-refractivity contribution in [1.82, 2.24) is 14.5 Å². The smallest absolute Gasteiger partial charge is 0.251 e. The van der Waals surface area contributed by atoms with Gasteiger partial charge in [-0.1, -0.05) is 6.07 Å². The van der Waals surface area contributed by atoms with Gasteiger partial charge in [-0.2, -0.15) is 4.31 Å². The number of rotatable bonds is 3. The minimum Gasteiger partial charge on any atom is -0.355 e. The van der Waals surface area contributed by atoms with Gasteiger partial charge in [-0.25, -0.2) is 8.42 Å². The number of carbonyl (C=O) groups excluding carboxylic acids is 1. The molecule has 0 aromatic heterocycles. The van der Waals surface area contributed by atoms with E-state index in [-0.39, 0.29) is 10.8 Å². The number of likely N-dealkylation sites (N-methyl/N-ethyl adjacent to an activating group) is 1. The van der Waals surface area contributed by atoms with Crippen LogP contribution in [0.5, 0.6) is 0 Å². The molecule has 1 aromatic rings. The molecule has 0 spiro atoms. The second-order valence-electron chi connectivity index (χ2n) is 5.27. The third-order valence-corrected chi connectivity index (χ3v) is 5.80. The Kier molecular flexibility index (Phi) is 4.65. The van der Waals surface area contributed by atoms with Crippen LogP contribution >= 0.6 is 0 Å². The average Bonchev–Trinajstić information content (AvgIpc) is 2.47. The minimum atomic E-state index is -3.55. The number of carbonyl (C=O) groups is 1. The maximum Gasteiger partial charge on any atom is 0.251 e. The molecular weight excluding hydrogens is 290 g/mol. The molecule has 0 saturated carbocycles. The number of nitrogens with zero attached hydrogens (tertiary/aromatic N) is 2. The Labute approximate surface area is 125 Å². The Bertz CT molecular complexity index is 635. The van der Waals surface area contributed by atoms with Gasteiger partial charge in [0.15, 0.2) is 0 Å². The van der Waals surface area contributed by atoms with E-state index in [1.54, 1.807) is 19.1 Å². The number of benzene rings is 1. The molecule has 1 fully saturated rings. The van der Waals surface area contributed by atoms with Crippen LogP contribution in [0.25, 0.3) is 0 Å². The van der Waals surface area contributed by atoms with Gasteiger partial charge >= 0.3 is 0 Å². The molecule has 0 atom stereocenters. The first kappa shape index (κ1) is 15.9. The van der Waals surface area contributed by atoms with E-state index < -0.39 is 10.0 Å². The zero-order valence-electron chi connectivity index (χ0n) is 12.6. The predicted octanol–water partition coefficient (Wildman–Crippen LogP) is 0.291. The number of hydrogen-bond donors (Lipinski definition) is 1. The monoisotopic (exact) mass is 311 g/mol. The summed E-state index contributed by atoms with van der Waals surface area (Å²) in [5, 5.41) is 2.51. The van der Waals surface area contributed by atoms with Crippen LogP contribution in [-0.2, 0) is 10.0 Å². The average molecular weight is 311 g/mol. The van der Waals surface area contributed by atoms with Gasteiger partial charge in [0.05, 0.1) is 4.90 Å². The standard InChI is InChI=1S/C14H21N3O3S/c1-11-4-5-12(14(18)15-2)10-13(11)21(19,20)17-8-6-16(3)7-9-17/h4-5,10H,6-9H2,1-3H3,(H,15,18). The Balaban J connectivity index is 2.37. The van der Waals surface area contributed by atoms with E-state index >= 15 is 0 Å². The Hall–Kier alpha value is -1.44. The van der Waals surface area contributed by atoms with E-state index in [1.165, 1.54) is 17.4 Å². The molecule has 6 nitrogen and oxygen atoms in total. The molecule has 0 aliphatic carbocycles. The van der Waals surface area contributed by atoms with Gasteiger partial charge in [-0.3, -0.25) is 4.79 Å². The van der Waals surface area contributed by atoms with Crippen molar-refractivity contribution < 1.29 is 13.2 Å². The van der Waals surface area contributed by atoms with Crippen LogP contribution in [0.15, 0.2) is 23.1 Å². The van der Waals surface area contributed by atoms with Crippen molar-refractivity contribution in [3.05, 3.63) is 29.3 Å². The first-order valence-electron chi connectivity index (χ1n) is 6.87. The predicted molar refractivity (Wildman–Crippen MR) is 80.8 cm³/mol. The molecule has 116 valence electrons. The van der Waals surface area contributed by atoms with Crippen LogP contribution in [-0.4, -0.2) is 63.8 Å². The molecule has 1 heterocycles. The molecular formula is C14H21N3O3S. The fourth-order valence-electron chi connectivity index (χ4n) is 2.33. The van der Waals surface area contributed by atoms with Crippen LogP contribution in [0.4, 0.5) is 0 Å². The fourth-order valence-corrected chi connectivity index (χ4v) is 4.00. The molecule has 0 unspecified atom stereocenters. The third-order valence-electron chi connectivity index (χ3n) is 3.76. The van der Waals surface area contributed by atoms with Gasteiger partial charge in [-0.15, -0.1) is 0 Å². The van der Waals surface area contributed by atoms with Crippen LogP contribution in [0.2, 0.25) is 0 Å². The topological polar surface area (TPSA) is 69.7 Å². The Morgan fingerprint density at radius 1 is 1.19 bits per heavy atom. The number of nitrogens with one attached hydrogen (secondary N) is 1. The van der Waals surface area contributed by atoms with Gasteiger partial charge < -0.3 is 10.2 Å². The number of aryl methyl sites for hydroxylation is 1. The minimum absolute atomic E-state index is 0.216. The highest BCUT2D eigenvalue weighted by atomic mass is 32.2. The van der Waals surface area contributed by atoms with Gasteiger partial charge in [0.2, 0.25) is 10.0 Å². The largest absolute Gasteiger partial charge is 0.355 e. The molecule has 1 aromatic carbocycles. The van der Waals surface area contributed by atoms with E-state index in [0.717, 1.165) is 0 Å². The van der Waals surface area contributed by atoms with E-state index in [2.05, 4.69) is 10.2 Å². The van der Waals surface area contributed by atoms with Gasteiger partial charge in [-0.05, 0) is 31.7 Å². The molecule has 1 aliphatic rings. The van der Waals surface area contributed by atoms with Crippen LogP contribution in [0, 0.1) is 6.92 Å². The van der Waals surface area contributed by atoms with Crippen molar-refractivity contribution in [1.29, 1.82) is 0 Å². The van der Waals surface area contributed by atoms with E-state index in [1.807, 2.05) is 7.05 Å². The van der Waals surface area contributed by atoms with Gasteiger partial charge in [0.25, 0.3) is 5.91 Å². The molecule has 0 bridgehead atoms. The summed E-state index contributed by atoms with van der Waals surface area (Å²) in [6.07, 6.45) is 0. The summed E-state index contributed by atoms with van der Waals surface area (Å²) in [6.45, 7) is 4.13. The second-order valence-corrected chi connectivity index (χ2v) is 7.17. The lowest BCUT2D eigenvalue weighted by Gasteiger charge is -2.32. The summed E-state index contributed by atoms with van der Waals surface area (Å²) in [7, 11) is -0.0554. The molecule has 1 aliphatic heterocycles. The highest BCUT2D eigenvalue weighted by Crippen LogP contribution is 2.22. The van der Waals surface area contributed by atoms with Crippen molar-refractivity contribution in [2.45, 2.75) is 11.8 Å². The second kappa shape index (κ2) is 6.13. The zero-order valence-corrected chi connectivity index (χ0v) is 13.4. The van der Waals surface area contributed by atoms with Crippen molar-refractivity contribution in [3.63, 3.8) is 0 Å². The van der Waals surface area contributed by atoms with Crippen molar-refractivity contribution in [2.24, 2.45) is 0 Å². The Morgan fingerprint density at radius 3 is 2.38 bits per heavy atom. The summed E-state index contributed by atoms with van der Waals surface area (Å²) in [5.74, 6) is -0.287. The quantitative estimate of drug-likeness (QED) is 0.871. The van der Waals surface area contributed by atoms with Crippen LogP contribution < -0.4 is 5.32 Å². The van der Waals surface area contributed by atoms with E-state index in [0.29, 0.717) is 37.3 Å². The van der Waals surface area contributed by atoms with Gasteiger partial charge in [0, 0.05) is 38.8 Å². The molecule has 1 saturated heterocycles. The molecule has 7 heteroatoms. The zero-order chi connectivity index (χ0) is 15.6. The number of amides is 1. The number of piperazine rings is 1. The SMILES string of the molecule is CNC(=O)c1ccc(C)c(S(=O)(=O)N2CCN(C)CC2)c1. The van der Waals surface area contributed by atoms with Crippen molar-refractivity contribution >= 4 is 15.9 Å². The first-order chi connectivity index (χ1) is 9.86. The van der Waals surface area contributed by atoms with Crippen molar-refractivity contribution in [3.8, 4) is 0 Å². The maximum absolute atomic E-state index is 12.8. The van der Waals surface area contributed by atoms with Gasteiger partial charge in [0.1, 0.15) is 0 Å². The van der Waals surface area contributed by atoms with Crippen molar-refractivity contribution in [2.75, 3.05) is 40.3 Å².